The lowest BCUT2D eigenvalue weighted by atomic mass is 9.96. The van der Waals surface area contributed by atoms with Crippen LogP contribution in [-0.2, 0) is 0 Å². The van der Waals surface area contributed by atoms with Crippen LogP contribution in [0.4, 0.5) is 0 Å². The number of nitrogens with one attached hydrogen (secondary N) is 1. The largest absolute Gasteiger partial charge is 0.287 e. The van der Waals surface area contributed by atoms with E-state index in [1.165, 1.54) is 0 Å². The first-order valence-electron chi connectivity index (χ1n) is 7.79. The summed E-state index contributed by atoms with van der Waals surface area (Å²) in [7, 11) is 0. The van der Waals surface area contributed by atoms with Gasteiger partial charge in [-0.3, -0.25) is 5.32 Å². The van der Waals surface area contributed by atoms with Gasteiger partial charge in [0.1, 0.15) is 6.04 Å². The van der Waals surface area contributed by atoms with Crippen molar-refractivity contribution >= 4 is 15.9 Å². The van der Waals surface area contributed by atoms with E-state index in [-0.39, 0.29) is 12.1 Å². The van der Waals surface area contributed by atoms with Crippen LogP contribution in [0.1, 0.15) is 28.8 Å². The van der Waals surface area contributed by atoms with Crippen molar-refractivity contribution in [2.24, 2.45) is 0 Å². The maximum absolute atomic E-state index is 9.67. The van der Waals surface area contributed by atoms with Crippen LogP contribution in [0.3, 0.4) is 0 Å². The number of benzene rings is 3. The maximum atomic E-state index is 9.67. The van der Waals surface area contributed by atoms with Crippen LogP contribution in [0.5, 0.6) is 0 Å². The summed E-state index contributed by atoms with van der Waals surface area (Å²) in [6.45, 7) is 0. The summed E-state index contributed by atoms with van der Waals surface area (Å²) in [5.41, 5.74) is 3.24. The Bertz CT molecular complexity index is 768. The molecule has 2 nitrogen and oxygen atoms in total. The second-order valence-corrected chi connectivity index (χ2v) is 6.45. The fourth-order valence-corrected chi connectivity index (χ4v) is 2.97. The van der Waals surface area contributed by atoms with E-state index in [1.807, 2.05) is 60.7 Å². The molecule has 0 bridgehead atoms. The van der Waals surface area contributed by atoms with Crippen LogP contribution in [0, 0.1) is 11.3 Å². The molecule has 3 aromatic rings. The summed E-state index contributed by atoms with van der Waals surface area (Å²) in [6.07, 6.45) is 0. The van der Waals surface area contributed by atoms with Gasteiger partial charge >= 0.3 is 0 Å². The number of nitriles is 1. The van der Waals surface area contributed by atoms with Crippen molar-refractivity contribution < 1.29 is 0 Å². The molecular weight excluding hydrogens is 360 g/mol. The van der Waals surface area contributed by atoms with Gasteiger partial charge in [-0.05, 0) is 28.8 Å². The highest BCUT2D eigenvalue weighted by molar-refractivity contribution is 9.10. The molecule has 0 aromatic heterocycles. The quantitative estimate of drug-likeness (QED) is 0.647. The first-order chi connectivity index (χ1) is 11.8. The molecular formula is C21H17BrN2. The number of rotatable bonds is 5. The normalized spacial score (nSPS) is 11.9. The summed E-state index contributed by atoms with van der Waals surface area (Å²) in [5.74, 6) is 0. The lowest BCUT2D eigenvalue weighted by Crippen LogP contribution is -2.26. The molecule has 0 aliphatic heterocycles. The van der Waals surface area contributed by atoms with Gasteiger partial charge in [-0.25, -0.2) is 0 Å². The second-order valence-electron chi connectivity index (χ2n) is 5.53. The van der Waals surface area contributed by atoms with E-state index >= 15 is 0 Å². The monoisotopic (exact) mass is 376 g/mol. The molecule has 0 aliphatic rings. The average Bonchev–Trinajstić information content (AvgIpc) is 2.65. The molecule has 1 N–H and O–H groups in total. The van der Waals surface area contributed by atoms with Crippen molar-refractivity contribution in [2.75, 3.05) is 0 Å². The summed E-state index contributed by atoms with van der Waals surface area (Å²) in [5, 5.41) is 13.2. The van der Waals surface area contributed by atoms with Crippen molar-refractivity contribution in [3.05, 3.63) is 106 Å². The van der Waals surface area contributed by atoms with Crippen molar-refractivity contribution in [3.8, 4) is 6.07 Å². The Labute approximate surface area is 150 Å². The van der Waals surface area contributed by atoms with Gasteiger partial charge in [-0.2, -0.15) is 5.26 Å². The zero-order valence-electron chi connectivity index (χ0n) is 13.1. The molecule has 0 saturated heterocycles. The zero-order valence-corrected chi connectivity index (χ0v) is 14.6. The van der Waals surface area contributed by atoms with Gasteiger partial charge in [-0.15, -0.1) is 0 Å². The van der Waals surface area contributed by atoms with Crippen LogP contribution in [0.25, 0.3) is 0 Å². The zero-order chi connectivity index (χ0) is 16.8. The first kappa shape index (κ1) is 16.4. The standard InChI is InChI=1S/C21H17BrN2/c22-19-13-11-16(12-14-19)20(15-23)24-21(17-7-3-1-4-8-17)18-9-5-2-6-10-18/h1-14,20-21,24H. The first-order valence-corrected chi connectivity index (χ1v) is 8.58. The Kier molecular flexibility index (Phi) is 5.43. The molecule has 0 radical (unpaired) electrons. The SMILES string of the molecule is N#CC(NC(c1ccccc1)c1ccccc1)c1ccc(Br)cc1. The van der Waals surface area contributed by atoms with E-state index < -0.39 is 0 Å². The molecule has 0 spiro atoms. The molecule has 1 atom stereocenters. The van der Waals surface area contributed by atoms with E-state index in [9.17, 15) is 5.26 Å². The Hall–Kier alpha value is -2.41. The second kappa shape index (κ2) is 7.92. The van der Waals surface area contributed by atoms with E-state index in [0.717, 1.165) is 21.2 Å². The van der Waals surface area contributed by atoms with Crippen LogP contribution >= 0.6 is 15.9 Å². The van der Waals surface area contributed by atoms with E-state index in [2.05, 4.69) is 51.6 Å². The molecule has 1 unspecified atom stereocenters. The molecule has 24 heavy (non-hydrogen) atoms. The maximum Gasteiger partial charge on any atom is 0.122 e. The van der Waals surface area contributed by atoms with E-state index in [0.29, 0.717) is 0 Å². The minimum absolute atomic E-state index is 0.0410. The molecule has 3 aromatic carbocycles. The van der Waals surface area contributed by atoms with Gasteiger partial charge < -0.3 is 0 Å². The summed E-state index contributed by atoms with van der Waals surface area (Å²) < 4.78 is 1.01. The van der Waals surface area contributed by atoms with Gasteiger partial charge in [0.2, 0.25) is 0 Å². The van der Waals surface area contributed by atoms with Crippen molar-refractivity contribution in [2.45, 2.75) is 12.1 Å². The van der Waals surface area contributed by atoms with Crippen molar-refractivity contribution in [3.63, 3.8) is 0 Å². The fourth-order valence-electron chi connectivity index (χ4n) is 2.71. The Morgan fingerprint density at radius 3 is 1.67 bits per heavy atom. The van der Waals surface area contributed by atoms with Gasteiger partial charge in [0.05, 0.1) is 12.1 Å². The predicted molar refractivity (Wildman–Crippen MR) is 100 cm³/mol. The Balaban J connectivity index is 1.94. The molecule has 118 valence electrons. The number of hydrogen-bond acceptors (Lipinski definition) is 2. The van der Waals surface area contributed by atoms with E-state index in [1.54, 1.807) is 0 Å². The van der Waals surface area contributed by atoms with Crippen molar-refractivity contribution in [1.29, 1.82) is 5.26 Å². The Morgan fingerprint density at radius 2 is 1.21 bits per heavy atom. The van der Waals surface area contributed by atoms with Crippen LogP contribution < -0.4 is 5.32 Å². The molecule has 3 heteroatoms. The Morgan fingerprint density at radius 1 is 0.708 bits per heavy atom. The molecule has 0 aliphatic carbocycles. The predicted octanol–water partition coefficient (Wildman–Crippen LogP) is 5.39. The van der Waals surface area contributed by atoms with Gasteiger partial charge in [0.25, 0.3) is 0 Å². The minimum Gasteiger partial charge on any atom is -0.287 e. The lowest BCUT2D eigenvalue weighted by molar-refractivity contribution is 0.559. The summed E-state index contributed by atoms with van der Waals surface area (Å²) in [6, 6.07) is 30.2. The lowest BCUT2D eigenvalue weighted by Gasteiger charge is -2.23. The van der Waals surface area contributed by atoms with E-state index in [4.69, 9.17) is 0 Å². The highest BCUT2D eigenvalue weighted by Gasteiger charge is 2.19. The van der Waals surface area contributed by atoms with Gasteiger partial charge in [-0.1, -0.05) is 88.7 Å². The van der Waals surface area contributed by atoms with Crippen LogP contribution in [-0.4, -0.2) is 0 Å². The summed E-state index contributed by atoms with van der Waals surface area (Å²) >= 11 is 3.44. The molecule has 0 heterocycles. The molecule has 0 amide bonds. The van der Waals surface area contributed by atoms with Crippen molar-refractivity contribution in [1.82, 2.24) is 5.32 Å². The van der Waals surface area contributed by atoms with Crippen LogP contribution in [0.15, 0.2) is 89.4 Å². The third-order valence-corrected chi connectivity index (χ3v) is 4.46. The molecule has 3 rings (SSSR count). The average molecular weight is 377 g/mol. The van der Waals surface area contributed by atoms with Crippen LogP contribution in [0.2, 0.25) is 0 Å². The minimum atomic E-state index is -0.386. The molecule has 0 saturated carbocycles. The highest BCUT2D eigenvalue weighted by Crippen LogP contribution is 2.26. The topological polar surface area (TPSA) is 35.8 Å². The number of hydrogen-bond donors (Lipinski definition) is 1. The fraction of sp³-hybridized carbons (Fsp3) is 0.0952. The molecule has 0 fully saturated rings. The third kappa shape index (κ3) is 3.91. The highest BCUT2D eigenvalue weighted by atomic mass is 79.9. The van der Waals surface area contributed by atoms with Gasteiger partial charge in [0.15, 0.2) is 0 Å². The number of nitrogens with zero attached hydrogens (tertiary/aromatic N) is 1. The number of halogens is 1. The third-order valence-electron chi connectivity index (χ3n) is 3.93. The van der Waals surface area contributed by atoms with Gasteiger partial charge in [0, 0.05) is 4.47 Å². The summed E-state index contributed by atoms with van der Waals surface area (Å²) in [4.78, 5) is 0. The smallest absolute Gasteiger partial charge is 0.122 e.